The van der Waals surface area contributed by atoms with E-state index in [1.807, 2.05) is 32.0 Å². The van der Waals surface area contributed by atoms with Gasteiger partial charge in [-0.1, -0.05) is 6.07 Å². The number of hydrogen-bond acceptors (Lipinski definition) is 3. The van der Waals surface area contributed by atoms with E-state index in [0.717, 1.165) is 30.0 Å². The second-order valence-corrected chi connectivity index (χ2v) is 8.52. The third-order valence-electron chi connectivity index (χ3n) is 5.64. The van der Waals surface area contributed by atoms with Gasteiger partial charge in [0.2, 0.25) is 0 Å². The lowest BCUT2D eigenvalue weighted by Crippen LogP contribution is -2.17. The van der Waals surface area contributed by atoms with Gasteiger partial charge < -0.3 is 14.6 Å². The minimum absolute atomic E-state index is 0.0859. The number of aliphatic carboxylic acids is 1. The standard InChI is InChI=1S/C25H29F3O4/c1-16-13-22(8-5-19(16)6-10-24(29)30)31-12-11-17(2)32-23-9-7-21(25(26,27)28)15-20(23)14-18-3-4-18/h5,7-9,13,15,17-18H,3-4,6,10-12,14H2,1-2H3,(H,29,30)/t17-/m1/s1. The fourth-order valence-electron chi connectivity index (χ4n) is 3.56. The van der Waals surface area contributed by atoms with Gasteiger partial charge in [0.05, 0.1) is 18.3 Å². The van der Waals surface area contributed by atoms with Crippen molar-refractivity contribution >= 4 is 5.97 Å². The highest BCUT2D eigenvalue weighted by atomic mass is 19.4. The van der Waals surface area contributed by atoms with Crippen LogP contribution in [-0.2, 0) is 23.8 Å². The Kier molecular flexibility index (Phi) is 7.69. The van der Waals surface area contributed by atoms with Crippen LogP contribution < -0.4 is 9.47 Å². The third kappa shape index (κ3) is 7.18. The lowest BCUT2D eigenvalue weighted by molar-refractivity contribution is -0.138. The highest BCUT2D eigenvalue weighted by Crippen LogP contribution is 2.38. The first-order valence-corrected chi connectivity index (χ1v) is 10.9. The molecule has 1 aliphatic rings. The molecule has 0 bridgehead atoms. The molecule has 7 heteroatoms. The van der Waals surface area contributed by atoms with Crippen LogP contribution in [0.5, 0.6) is 11.5 Å². The zero-order valence-corrected chi connectivity index (χ0v) is 18.4. The first-order valence-electron chi connectivity index (χ1n) is 10.9. The fraction of sp³-hybridized carbons (Fsp3) is 0.480. The van der Waals surface area contributed by atoms with Gasteiger partial charge in [0, 0.05) is 12.8 Å². The summed E-state index contributed by atoms with van der Waals surface area (Å²) in [6, 6.07) is 9.29. The molecule has 0 radical (unpaired) electrons. The number of aryl methyl sites for hydroxylation is 2. The molecule has 1 N–H and O–H groups in total. The van der Waals surface area contributed by atoms with Gasteiger partial charge in [-0.3, -0.25) is 4.79 Å². The van der Waals surface area contributed by atoms with Gasteiger partial charge in [-0.2, -0.15) is 13.2 Å². The second kappa shape index (κ2) is 10.3. The van der Waals surface area contributed by atoms with Crippen molar-refractivity contribution < 1.29 is 32.5 Å². The van der Waals surface area contributed by atoms with Crippen molar-refractivity contribution in [1.82, 2.24) is 0 Å². The molecule has 2 aromatic rings. The largest absolute Gasteiger partial charge is 0.493 e. The van der Waals surface area contributed by atoms with Crippen molar-refractivity contribution in [3.05, 3.63) is 58.7 Å². The topological polar surface area (TPSA) is 55.8 Å². The summed E-state index contributed by atoms with van der Waals surface area (Å²) in [6.07, 6.45) is -0.746. The van der Waals surface area contributed by atoms with E-state index in [-0.39, 0.29) is 12.5 Å². The van der Waals surface area contributed by atoms with Gasteiger partial charge in [0.15, 0.2) is 0 Å². The minimum atomic E-state index is -4.36. The lowest BCUT2D eigenvalue weighted by Gasteiger charge is -2.19. The maximum atomic E-state index is 13.1. The Labute approximate surface area is 186 Å². The highest BCUT2D eigenvalue weighted by molar-refractivity contribution is 5.67. The Morgan fingerprint density at radius 2 is 1.91 bits per heavy atom. The quantitative estimate of drug-likeness (QED) is 0.442. The molecule has 0 unspecified atom stereocenters. The number of hydrogen-bond donors (Lipinski definition) is 1. The maximum Gasteiger partial charge on any atom is 0.416 e. The summed E-state index contributed by atoms with van der Waals surface area (Å²) in [5.41, 5.74) is 1.92. The zero-order chi connectivity index (χ0) is 23.3. The van der Waals surface area contributed by atoms with E-state index in [9.17, 15) is 18.0 Å². The van der Waals surface area contributed by atoms with Crippen LogP contribution in [0.3, 0.4) is 0 Å². The van der Waals surface area contributed by atoms with Crippen LogP contribution in [0, 0.1) is 12.8 Å². The molecule has 1 atom stereocenters. The van der Waals surface area contributed by atoms with Crippen molar-refractivity contribution in [2.45, 2.75) is 64.7 Å². The Bertz CT molecular complexity index is 935. The van der Waals surface area contributed by atoms with Crippen LogP contribution in [0.1, 0.15) is 54.9 Å². The molecule has 1 aliphatic carbocycles. The molecule has 4 nitrogen and oxygen atoms in total. The van der Waals surface area contributed by atoms with E-state index in [1.165, 1.54) is 12.1 Å². The molecule has 0 aromatic heterocycles. The molecular formula is C25H29F3O4. The fourth-order valence-corrected chi connectivity index (χ4v) is 3.56. The number of benzene rings is 2. The van der Waals surface area contributed by atoms with Crippen LogP contribution in [0.15, 0.2) is 36.4 Å². The maximum absolute atomic E-state index is 13.1. The van der Waals surface area contributed by atoms with Gasteiger partial charge in [-0.25, -0.2) is 0 Å². The Hall–Kier alpha value is -2.70. The van der Waals surface area contributed by atoms with Crippen LogP contribution in [-0.4, -0.2) is 23.8 Å². The molecule has 1 saturated carbocycles. The van der Waals surface area contributed by atoms with E-state index in [2.05, 4.69) is 0 Å². The molecular weight excluding hydrogens is 421 g/mol. The normalized spacial score (nSPS) is 14.8. The smallest absolute Gasteiger partial charge is 0.416 e. The Morgan fingerprint density at radius 1 is 1.16 bits per heavy atom. The highest BCUT2D eigenvalue weighted by Gasteiger charge is 2.32. The summed E-state index contributed by atoms with van der Waals surface area (Å²) in [4.78, 5) is 10.7. The number of carboxylic acids is 1. The second-order valence-electron chi connectivity index (χ2n) is 8.52. The predicted molar refractivity (Wildman–Crippen MR) is 115 cm³/mol. The number of carbonyl (C=O) groups is 1. The van der Waals surface area contributed by atoms with Crippen LogP contribution >= 0.6 is 0 Å². The number of alkyl halides is 3. The monoisotopic (exact) mass is 450 g/mol. The lowest BCUT2D eigenvalue weighted by atomic mass is 10.0. The van der Waals surface area contributed by atoms with Gasteiger partial charge in [0.25, 0.3) is 0 Å². The first kappa shape index (κ1) is 24.0. The van der Waals surface area contributed by atoms with Crippen molar-refractivity contribution in [3.63, 3.8) is 0 Å². The average molecular weight is 450 g/mol. The third-order valence-corrected chi connectivity index (χ3v) is 5.64. The predicted octanol–water partition coefficient (Wildman–Crippen LogP) is 6.22. The molecule has 174 valence electrons. The SMILES string of the molecule is Cc1cc(OCC[C@@H](C)Oc2ccc(C(F)(F)F)cc2CC2CC2)ccc1CCC(=O)O. The number of ether oxygens (including phenoxy) is 2. The molecule has 2 aromatic carbocycles. The van der Waals surface area contributed by atoms with Gasteiger partial charge in [0.1, 0.15) is 11.5 Å². The van der Waals surface area contributed by atoms with E-state index in [4.69, 9.17) is 14.6 Å². The molecule has 0 saturated heterocycles. The number of halogens is 3. The Morgan fingerprint density at radius 3 is 2.53 bits per heavy atom. The molecule has 0 spiro atoms. The summed E-state index contributed by atoms with van der Waals surface area (Å²) in [7, 11) is 0. The Balaban J connectivity index is 1.54. The summed E-state index contributed by atoms with van der Waals surface area (Å²) in [5.74, 6) is 0.821. The molecule has 3 rings (SSSR count). The van der Waals surface area contributed by atoms with E-state index >= 15 is 0 Å². The molecule has 0 amide bonds. The van der Waals surface area contributed by atoms with Crippen molar-refractivity contribution in [3.8, 4) is 11.5 Å². The zero-order valence-electron chi connectivity index (χ0n) is 18.4. The first-order chi connectivity index (χ1) is 15.1. The van der Waals surface area contributed by atoms with Gasteiger partial charge in [-0.15, -0.1) is 0 Å². The summed E-state index contributed by atoms with van der Waals surface area (Å²) < 4.78 is 51.0. The van der Waals surface area contributed by atoms with E-state index in [0.29, 0.717) is 48.8 Å². The van der Waals surface area contributed by atoms with Gasteiger partial charge in [-0.05, 0) is 92.5 Å². The van der Waals surface area contributed by atoms with Crippen molar-refractivity contribution in [2.75, 3.05) is 6.61 Å². The van der Waals surface area contributed by atoms with Crippen LogP contribution in [0.25, 0.3) is 0 Å². The number of carboxylic acid groups (broad SMARTS) is 1. The number of rotatable bonds is 11. The minimum Gasteiger partial charge on any atom is -0.493 e. The van der Waals surface area contributed by atoms with Crippen molar-refractivity contribution in [1.29, 1.82) is 0 Å². The van der Waals surface area contributed by atoms with Crippen molar-refractivity contribution in [2.24, 2.45) is 5.92 Å². The molecule has 0 aliphatic heterocycles. The van der Waals surface area contributed by atoms with Crippen LogP contribution in [0.2, 0.25) is 0 Å². The van der Waals surface area contributed by atoms with E-state index in [1.54, 1.807) is 0 Å². The summed E-state index contributed by atoms with van der Waals surface area (Å²) >= 11 is 0. The molecule has 32 heavy (non-hydrogen) atoms. The van der Waals surface area contributed by atoms with Crippen LogP contribution in [0.4, 0.5) is 13.2 Å². The summed E-state index contributed by atoms with van der Waals surface area (Å²) in [5, 5.41) is 8.82. The average Bonchev–Trinajstić information content (AvgIpc) is 3.52. The van der Waals surface area contributed by atoms with Gasteiger partial charge >= 0.3 is 12.1 Å². The molecule has 1 fully saturated rings. The van der Waals surface area contributed by atoms with E-state index < -0.39 is 17.7 Å². The molecule has 0 heterocycles. The summed E-state index contributed by atoms with van der Waals surface area (Å²) in [6.45, 7) is 4.19.